The first kappa shape index (κ1) is 7.84. The minimum Gasteiger partial charge on any atom is -0.0882 e. The quantitative estimate of drug-likeness (QED) is 0.513. The van der Waals surface area contributed by atoms with Gasteiger partial charge in [0.25, 0.3) is 0 Å². The molecule has 0 amide bonds. The van der Waals surface area contributed by atoms with Crippen LogP contribution in [0.3, 0.4) is 0 Å². The molecule has 0 N–H and O–H groups in total. The zero-order chi connectivity index (χ0) is 7.40. The lowest BCUT2D eigenvalue weighted by Crippen LogP contribution is -2.10. The van der Waals surface area contributed by atoms with Crippen molar-refractivity contribution >= 4 is 0 Å². The zero-order valence-corrected chi connectivity index (χ0v) is 7.14. The fourth-order valence-electron chi connectivity index (χ4n) is 1.62. The summed E-state index contributed by atoms with van der Waals surface area (Å²) in [6.07, 6.45) is 10.2. The molecule has 2 unspecified atom stereocenters. The number of hydrogen-bond acceptors (Lipinski definition) is 0. The molecule has 2 atom stereocenters. The Morgan fingerprint density at radius 3 is 2.90 bits per heavy atom. The summed E-state index contributed by atoms with van der Waals surface area (Å²) in [6, 6.07) is 0. The van der Waals surface area contributed by atoms with Gasteiger partial charge in [-0.2, -0.15) is 0 Å². The van der Waals surface area contributed by atoms with Crippen molar-refractivity contribution in [2.75, 3.05) is 0 Å². The summed E-state index contributed by atoms with van der Waals surface area (Å²) in [6.45, 7) is 4.65. The van der Waals surface area contributed by atoms with Crippen LogP contribution < -0.4 is 0 Å². The fourth-order valence-corrected chi connectivity index (χ4v) is 1.62. The van der Waals surface area contributed by atoms with E-state index in [2.05, 4.69) is 26.0 Å². The van der Waals surface area contributed by atoms with Crippen LogP contribution in [0.1, 0.15) is 39.5 Å². The molecule has 0 radical (unpaired) electrons. The number of rotatable bonds is 2. The van der Waals surface area contributed by atoms with Gasteiger partial charge in [0, 0.05) is 0 Å². The van der Waals surface area contributed by atoms with Crippen molar-refractivity contribution in [3.63, 3.8) is 0 Å². The van der Waals surface area contributed by atoms with E-state index in [1.807, 2.05) is 0 Å². The zero-order valence-electron chi connectivity index (χ0n) is 7.14. The predicted molar refractivity (Wildman–Crippen MR) is 45.9 cm³/mol. The first-order valence-corrected chi connectivity index (χ1v) is 4.51. The lowest BCUT2D eigenvalue weighted by molar-refractivity contribution is 0.375. The monoisotopic (exact) mass is 138 g/mol. The molecule has 0 saturated carbocycles. The molecule has 0 bridgehead atoms. The molecule has 0 aromatic carbocycles. The van der Waals surface area contributed by atoms with Gasteiger partial charge in [-0.05, 0) is 31.1 Å². The highest BCUT2D eigenvalue weighted by molar-refractivity contribution is 4.94. The van der Waals surface area contributed by atoms with Gasteiger partial charge in [-0.15, -0.1) is 0 Å². The first-order chi connectivity index (χ1) is 4.84. The van der Waals surface area contributed by atoms with E-state index in [4.69, 9.17) is 0 Å². The maximum atomic E-state index is 2.41. The Morgan fingerprint density at radius 2 is 2.40 bits per heavy atom. The van der Waals surface area contributed by atoms with Crippen LogP contribution in [0, 0.1) is 11.8 Å². The van der Waals surface area contributed by atoms with Crippen LogP contribution in [0.25, 0.3) is 0 Å². The summed E-state index contributed by atoms with van der Waals surface area (Å²) < 4.78 is 0. The topological polar surface area (TPSA) is 0 Å². The Labute approximate surface area is 64.3 Å². The molecule has 0 spiro atoms. The molecule has 0 saturated heterocycles. The van der Waals surface area contributed by atoms with Crippen LogP contribution in [0.5, 0.6) is 0 Å². The van der Waals surface area contributed by atoms with E-state index < -0.39 is 0 Å². The Balaban J connectivity index is 2.38. The van der Waals surface area contributed by atoms with Crippen LogP contribution in [0.4, 0.5) is 0 Å². The Morgan fingerprint density at radius 1 is 1.60 bits per heavy atom. The smallest absolute Gasteiger partial charge is 0.0208 e. The number of hydrogen-bond donors (Lipinski definition) is 0. The molecule has 0 aliphatic heterocycles. The number of allylic oxidation sites excluding steroid dienone is 2. The van der Waals surface area contributed by atoms with Gasteiger partial charge in [0.2, 0.25) is 0 Å². The van der Waals surface area contributed by atoms with Crippen molar-refractivity contribution < 1.29 is 0 Å². The minimum atomic E-state index is 0.888. The van der Waals surface area contributed by atoms with E-state index in [0.717, 1.165) is 11.8 Å². The van der Waals surface area contributed by atoms with Crippen molar-refractivity contribution in [2.45, 2.75) is 39.5 Å². The minimum absolute atomic E-state index is 0.888. The summed E-state index contributed by atoms with van der Waals surface area (Å²) in [5.41, 5.74) is 0. The molecule has 0 aromatic rings. The van der Waals surface area contributed by atoms with Crippen LogP contribution in [-0.4, -0.2) is 0 Å². The normalized spacial score (nSPS) is 28.4. The molecular weight excluding hydrogens is 120 g/mol. The van der Waals surface area contributed by atoms with E-state index in [1.165, 1.54) is 25.7 Å². The van der Waals surface area contributed by atoms with E-state index in [-0.39, 0.29) is 0 Å². The predicted octanol–water partition coefficient (Wildman–Crippen LogP) is 3.39. The van der Waals surface area contributed by atoms with Gasteiger partial charge in [0.15, 0.2) is 0 Å². The third kappa shape index (κ3) is 1.86. The summed E-state index contributed by atoms with van der Waals surface area (Å²) >= 11 is 0. The van der Waals surface area contributed by atoms with Gasteiger partial charge in [-0.3, -0.25) is 0 Å². The lowest BCUT2D eigenvalue weighted by Gasteiger charge is -2.21. The van der Waals surface area contributed by atoms with Gasteiger partial charge in [-0.25, -0.2) is 0 Å². The van der Waals surface area contributed by atoms with Crippen LogP contribution in [0.15, 0.2) is 12.2 Å². The van der Waals surface area contributed by atoms with Crippen molar-refractivity contribution in [1.82, 2.24) is 0 Å². The molecule has 0 fully saturated rings. The second-order valence-corrected chi connectivity index (χ2v) is 3.41. The fraction of sp³-hybridized carbons (Fsp3) is 0.800. The highest BCUT2D eigenvalue weighted by Gasteiger charge is 2.13. The molecule has 10 heavy (non-hydrogen) atoms. The highest BCUT2D eigenvalue weighted by Crippen LogP contribution is 2.25. The Bertz CT molecular complexity index is 113. The molecule has 1 rings (SSSR count). The van der Waals surface area contributed by atoms with Crippen LogP contribution >= 0.6 is 0 Å². The van der Waals surface area contributed by atoms with Crippen LogP contribution in [-0.2, 0) is 0 Å². The molecule has 58 valence electrons. The molecule has 0 heteroatoms. The third-order valence-corrected chi connectivity index (χ3v) is 2.67. The average Bonchev–Trinajstić information content (AvgIpc) is 2.05. The van der Waals surface area contributed by atoms with Gasteiger partial charge in [0.05, 0.1) is 0 Å². The maximum absolute atomic E-state index is 2.41. The van der Waals surface area contributed by atoms with Crippen LogP contribution in [0.2, 0.25) is 0 Å². The second kappa shape index (κ2) is 3.80. The molecule has 0 aromatic heterocycles. The van der Waals surface area contributed by atoms with Gasteiger partial charge in [-0.1, -0.05) is 32.4 Å². The third-order valence-electron chi connectivity index (χ3n) is 2.67. The van der Waals surface area contributed by atoms with Crippen molar-refractivity contribution in [2.24, 2.45) is 11.8 Å². The summed E-state index contributed by atoms with van der Waals surface area (Å²) in [5, 5.41) is 0. The maximum Gasteiger partial charge on any atom is -0.0208 e. The van der Waals surface area contributed by atoms with E-state index in [1.54, 1.807) is 0 Å². The average molecular weight is 138 g/mol. The molecule has 0 heterocycles. The van der Waals surface area contributed by atoms with Crippen molar-refractivity contribution in [3.05, 3.63) is 12.2 Å². The molecular formula is C10H18. The van der Waals surface area contributed by atoms with E-state index in [9.17, 15) is 0 Å². The SMILES string of the molecule is CCC(C)C1C=CCCC1. The highest BCUT2D eigenvalue weighted by atomic mass is 14.2. The summed E-state index contributed by atoms with van der Waals surface area (Å²) in [5.74, 6) is 1.79. The van der Waals surface area contributed by atoms with Gasteiger partial charge in [0.1, 0.15) is 0 Å². The standard InChI is InChI=1S/C10H18/c1-3-9(2)10-7-5-4-6-8-10/h5,7,9-10H,3-4,6,8H2,1-2H3. The second-order valence-electron chi connectivity index (χ2n) is 3.41. The van der Waals surface area contributed by atoms with Gasteiger partial charge >= 0.3 is 0 Å². The Kier molecular flexibility index (Phi) is 2.98. The van der Waals surface area contributed by atoms with Crippen molar-refractivity contribution in [1.29, 1.82) is 0 Å². The lowest BCUT2D eigenvalue weighted by atomic mass is 9.84. The van der Waals surface area contributed by atoms with E-state index in [0.29, 0.717) is 0 Å². The largest absolute Gasteiger partial charge is 0.0882 e. The summed E-state index contributed by atoms with van der Waals surface area (Å²) in [7, 11) is 0. The molecule has 1 aliphatic rings. The summed E-state index contributed by atoms with van der Waals surface area (Å²) in [4.78, 5) is 0. The van der Waals surface area contributed by atoms with Gasteiger partial charge < -0.3 is 0 Å². The molecule has 0 nitrogen and oxygen atoms in total. The van der Waals surface area contributed by atoms with E-state index >= 15 is 0 Å². The van der Waals surface area contributed by atoms with Crippen molar-refractivity contribution in [3.8, 4) is 0 Å². The first-order valence-electron chi connectivity index (χ1n) is 4.51. The Hall–Kier alpha value is -0.260. The molecule has 1 aliphatic carbocycles.